The summed E-state index contributed by atoms with van der Waals surface area (Å²) in [5.41, 5.74) is 1.85. The van der Waals surface area contributed by atoms with Gasteiger partial charge in [0.25, 0.3) is 5.69 Å². The Labute approximate surface area is 156 Å². The van der Waals surface area contributed by atoms with Crippen molar-refractivity contribution >= 4 is 23.2 Å². The normalized spacial score (nSPS) is 16.2. The van der Waals surface area contributed by atoms with Gasteiger partial charge in [0.1, 0.15) is 0 Å². The standard InChI is InChI=1S/C19H22N4O2S/c1-2-12-20-19-22(21-13-15-6-4-3-5-7-15)18(14-26-19)16-8-10-17(11-9-16)23(24)25/h2,8-11,13-15H,1,3-7,12H2. The van der Waals surface area contributed by atoms with E-state index < -0.39 is 4.92 Å². The molecule has 1 aliphatic carbocycles. The quantitative estimate of drug-likeness (QED) is 0.322. The van der Waals surface area contributed by atoms with Crippen LogP contribution in [0.3, 0.4) is 0 Å². The van der Waals surface area contributed by atoms with Crippen LogP contribution in [0.15, 0.2) is 52.4 Å². The largest absolute Gasteiger partial charge is 0.269 e. The Morgan fingerprint density at radius 2 is 2.00 bits per heavy atom. The van der Waals surface area contributed by atoms with Crippen LogP contribution in [0.1, 0.15) is 32.1 Å². The summed E-state index contributed by atoms with van der Waals surface area (Å²) in [5.74, 6) is 0.508. The molecule has 0 spiro atoms. The average molecular weight is 370 g/mol. The van der Waals surface area contributed by atoms with Crippen LogP contribution in [-0.4, -0.2) is 22.4 Å². The van der Waals surface area contributed by atoms with Crippen molar-refractivity contribution in [1.29, 1.82) is 0 Å². The zero-order chi connectivity index (χ0) is 18.4. The van der Waals surface area contributed by atoms with E-state index >= 15 is 0 Å². The maximum atomic E-state index is 10.9. The van der Waals surface area contributed by atoms with E-state index in [2.05, 4.69) is 11.6 Å². The number of rotatable bonds is 6. The molecule has 0 radical (unpaired) electrons. The third kappa shape index (κ3) is 4.35. The lowest BCUT2D eigenvalue weighted by atomic mass is 9.90. The summed E-state index contributed by atoms with van der Waals surface area (Å²) in [6.07, 6.45) is 9.97. The maximum Gasteiger partial charge on any atom is 0.269 e. The summed E-state index contributed by atoms with van der Waals surface area (Å²) in [6.45, 7) is 4.24. The Hall–Kier alpha value is -2.54. The van der Waals surface area contributed by atoms with Gasteiger partial charge >= 0.3 is 0 Å². The number of nitrogens with zero attached hydrogens (tertiary/aromatic N) is 4. The van der Waals surface area contributed by atoms with Crippen molar-refractivity contribution in [2.75, 3.05) is 6.54 Å². The number of aromatic nitrogens is 1. The fraction of sp³-hybridized carbons (Fsp3) is 0.368. The van der Waals surface area contributed by atoms with Crippen LogP contribution in [0.25, 0.3) is 11.3 Å². The lowest BCUT2D eigenvalue weighted by Crippen LogP contribution is -2.15. The van der Waals surface area contributed by atoms with Crippen molar-refractivity contribution < 1.29 is 4.92 Å². The van der Waals surface area contributed by atoms with Gasteiger partial charge in [-0.3, -0.25) is 15.1 Å². The molecule has 6 nitrogen and oxygen atoms in total. The molecular weight excluding hydrogens is 348 g/mol. The van der Waals surface area contributed by atoms with E-state index in [-0.39, 0.29) is 5.69 Å². The summed E-state index contributed by atoms with van der Waals surface area (Å²) < 4.78 is 1.84. The monoisotopic (exact) mass is 370 g/mol. The summed E-state index contributed by atoms with van der Waals surface area (Å²) in [4.78, 5) is 15.8. The number of nitro groups is 1. The SMILES string of the molecule is C=CCN=c1scc(-c2ccc([N+](=O)[O-])cc2)n1N=CC1CCCCC1. The number of hydrogen-bond acceptors (Lipinski definition) is 5. The highest BCUT2D eigenvalue weighted by Gasteiger charge is 2.13. The first-order valence-corrected chi connectivity index (χ1v) is 9.68. The molecule has 0 unspecified atom stereocenters. The van der Waals surface area contributed by atoms with E-state index in [1.807, 2.05) is 16.3 Å². The fourth-order valence-corrected chi connectivity index (χ4v) is 3.91. The summed E-state index contributed by atoms with van der Waals surface area (Å²) in [5, 5.41) is 17.6. The molecule has 0 bridgehead atoms. The number of thiazole rings is 1. The number of benzene rings is 1. The Bertz CT molecular complexity index is 858. The molecule has 0 saturated heterocycles. The minimum absolute atomic E-state index is 0.0813. The molecule has 0 atom stereocenters. The molecule has 26 heavy (non-hydrogen) atoms. The van der Waals surface area contributed by atoms with Crippen molar-refractivity contribution in [3.05, 3.63) is 57.2 Å². The highest BCUT2D eigenvalue weighted by molar-refractivity contribution is 7.07. The van der Waals surface area contributed by atoms with E-state index in [1.165, 1.54) is 55.6 Å². The summed E-state index contributed by atoms with van der Waals surface area (Å²) in [6, 6.07) is 6.54. The van der Waals surface area contributed by atoms with Gasteiger partial charge in [-0.15, -0.1) is 17.9 Å². The minimum Gasteiger partial charge on any atom is -0.258 e. The molecule has 0 N–H and O–H groups in total. The Kier molecular flexibility index (Phi) is 6.12. The second-order valence-corrected chi connectivity index (χ2v) is 7.15. The maximum absolute atomic E-state index is 10.9. The van der Waals surface area contributed by atoms with Gasteiger partial charge in [-0.2, -0.15) is 5.10 Å². The molecule has 0 aliphatic heterocycles. The minimum atomic E-state index is -0.391. The van der Waals surface area contributed by atoms with Gasteiger partial charge in [0.15, 0.2) is 0 Å². The highest BCUT2D eigenvalue weighted by atomic mass is 32.1. The molecule has 3 rings (SSSR count). The van der Waals surface area contributed by atoms with Crippen molar-refractivity contribution in [1.82, 2.24) is 4.68 Å². The van der Waals surface area contributed by atoms with Crippen LogP contribution in [0.2, 0.25) is 0 Å². The fourth-order valence-electron chi connectivity index (χ4n) is 3.06. The molecule has 1 aromatic carbocycles. The smallest absolute Gasteiger partial charge is 0.258 e. The summed E-state index contributed by atoms with van der Waals surface area (Å²) in [7, 11) is 0. The van der Waals surface area contributed by atoms with Crippen LogP contribution < -0.4 is 4.80 Å². The van der Waals surface area contributed by atoms with Gasteiger partial charge in [-0.1, -0.05) is 25.3 Å². The van der Waals surface area contributed by atoms with Crippen molar-refractivity contribution in [3.8, 4) is 11.3 Å². The van der Waals surface area contributed by atoms with E-state index in [9.17, 15) is 10.1 Å². The van der Waals surface area contributed by atoms with Crippen LogP contribution in [-0.2, 0) is 0 Å². The van der Waals surface area contributed by atoms with Crippen LogP contribution in [0, 0.1) is 16.0 Å². The second-order valence-electron chi connectivity index (χ2n) is 6.31. The first kappa shape index (κ1) is 18.3. The second kappa shape index (κ2) is 8.71. The Morgan fingerprint density at radius 3 is 2.65 bits per heavy atom. The zero-order valence-electron chi connectivity index (χ0n) is 14.6. The predicted molar refractivity (Wildman–Crippen MR) is 105 cm³/mol. The van der Waals surface area contributed by atoms with Crippen LogP contribution in [0.5, 0.6) is 0 Å². The van der Waals surface area contributed by atoms with Gasteiger partial charge in [0.2, 0.25) is 4.80 Å². The zero-order valence-corrected chi connectivity index (χ0v) is 15.4. The topological polar surface area (TPSA) is 72.8 Å². The molecule has 1 aliphatic rings. The van der Waals surface area contributed by atoms with Gasteiger partial charge in [0, 0.05) is 29.3 Å². The van der Waals surface area contributed by atoms with Crippen molar-refractivity contribution in [2.24, 2.45) is 16.0 Å². The average Bonchev–Trinajstić information content (AvgIpc) is 3.08. The molecule has 1 fully saturated rings. The van der Waals surface area contributed by atoms with E-state index in [1.54, 1.807) is 18.2 Å². The molecule has 1 saturated carbocycles. The molecule has 1 aromatic heterocycles. The molecular formula is C19H22N4O2S. The molecule has 7 heteroatoms. The third-order valence-corrected chi connectivity index (χ3v) is 5.31. The molecule has 0 amide bonds. The van der Waals surface area contributed by atoms with Gasteiger partial charge in [-0.05, 0) is 30.9 Å². The van der Waals surface area contributed by atoms with Gasteiger partial charge < -0.3 is 0 Å². The molecule has 136 valence electrons. The van der Waals surface area contributed by atoms with Crippen LogP contribution >= 0.6 is 11.3 Å². The Balaban J connectivity index is 1.96. The number of nitro benzene ring substituents is 1. The lowest BCUT2D eigenvalue weighted by Gasteiger charge is -2.17. The molecule has 1 heterocycles. The van der Waals surface area contributed by atoms with Crippen molar-refractivity contribution in [2.45, 2.75) is 32.1 Å². The first-order valence-electron chi connectivity index (χ1n) is 8.80. The van der Waals surface area contributed by atoms with E-state index in [4.69, 9.17) is 5.10 Å². The van der Waals surface area contributed by atoms with Crippen LogP contribution in [0.4, 0.5) is 5.69 Å². The highest BCUT2D eigenvalue weighted by Crippen LogP contribution is 2.24. The third-order valence-electron chi connectivity index (χ3n) is 4.46. The molecule has 2 aromatic rings. The number of non-ortho nitro benzene ring substituents is 1. The van der Waals surface area contributed by atoms with Crippen molar-refractivity contribution in [3.63, 3.8) is 0 Å². The lowest BCUT2D eigenvalue weighted by molar-refractivity contribution is -0.384. The number of hydrogen-bond donors (Lipinski definition) is 0. The Morgan fingerprint density at radius 1 is 1.27 bits per heavy atom. The van der Waals surface area contributed by atoms with E-state index in [0.29, 0.717) is 12.5 Å². The van der Waals surface area contributed by atoms with Gasteiger partial charge in [0.05, 0.1) is 17.2 Å². The van der Waals surface area contributed by atoms with E-state index in [0.717, 1.165) is 16.1 Å². The first-order chi connectivity index (χ1) is 12.7. The summed E-state index contributed by atoms with van der Waals surface area (Å²) >= 11 is 1.51. The van der Waals surface area contributed by atoms with Gasteiger partial charge in [-0.25, -0.2) is 4.68 Å². The predicted octanol–water partition coefficient (Wildman–Crippen LogP) is 4.63.